The summed E-state index contributed by atoms with van der Waals surface area (Å²) in [6, 6.07) is 5.68. The molecule has 0 spiro atoms. The zero-order valence-electron chi connectivity index (χ0n) is 12.3. The van der Waals surface area contributed by atoms with Gasteiger partial charge >= 0.3 is 0 Å². The number of ether oxygens (including phenoxy) is 1. The molecule has 0 amide bonds. The maximum atomic E-state index is 13.7. The highest BCUT2D eigenvalue weighted by atomic mass is 32.2. The van der Waals surface area contributed by atoms with Gasteiger partial charge in [-0.1, -0.05) is 20.8 Å². The predicted octanol–water partition coefficient (Wildman–Crippen LogP) is 2.03. The summed E-state index contributed by atoms with van der Waals surface area (Å²) in [6.45, 7) is 5.60. The molecule has 1 aromatic rings. The first-order chi connectivity index (χ1) is 9.53. The fourth-order valence-corrected chi connectivity index (χ4v) is 2.86. The summed E-state index contributed by atoms with van der Waals surface area (Å²) >= 11 is 0. The minimum absolute atomic E-state index is 0.0160. The van der Waals surface area contributed by atoms with Crippen LogP contribution in [-0.4, -0.2) is 20.8 Å². The predicted molar refractivity (Wildman–Crippen MR) is 77.5 cm³/mol. The maximum absolute atomic E-state index is 13.7. The molecule has 2 N–H and O–H groups in total. The third-order valence-corrected chi connectivity index (χ3v) is 4.03. The van der Waals surface area contributed by atoms with E-state index in [4.69, 9.17) is 15.1 Å². The summed E-state index contributed by atoms with van der Waals surface area (Å²) in [4.78, 5) is 0. The summed E-state index contributed by atoms with van der Waals surface area (Å²) in [7, 11) is -3.65. The fourth-order valence-electron chi connectivity index (χ4n) is 1.71. The second-order valence-electron chi connectivity index (χ2n) is 5.96. The molecule has 116 valence electrons. The first-order valence-corrected chi connectivity index (χ1v) is 8.07. The van der Waals surface area contributed by atoms with Crippen molar-refractivity contribution in [3.8, 4) is 11.8 Å². The third-order valence-electron chi connectivity index (χ3n) is 3.16. The zero-order chi connectivity index (χ0) is 16.3. The Hall–Kier alpha value is -1.65. The Morgan fingerprint density at radius 1 is 1.43 bits per heavy atom. The van der Waals surface area contributed by atoms with Crippen molar-refractivity contribution in [1.29, 1.82) is 5.26 Å². The molecule has 1 atom stereocenters. The standard InChI is InChI=1S/C14H19FN2O3S/c1-14(2,3)11(9-21(17,18)19)8-20-13-5-4-10(7-16)6-12(13)15/h4-6,11H,8-9H2,1-3H3,(H2,17,18,19). The molecular weight excluding hydrogens is 295 g/mol. The number of primary sulfonamides is 1. The van der Waals surface area contributed by atoms with E-state index in [-0.39, 0.29) is 35.0 Å². The summed E-state index contributed by atoms with van der Waals surface area (Å²) < 4.78 is 41.6. The highest BCUT2D eigenvalue weighted by Gasteiger charge is 2.29. The van der Waals surface area contributed by atoms with Crippen LogP contribution in [0.4, 0.5) is 4.39 Å². The number of nitrogens with two attached hydrogens (primary N) is 1. The molecule has 1 aromatic carbocycles. The Kier molecular flexibility index (Phi) is 5.31. The van der Waals surface area contributed by atoms with Gasteiger partial charge in [-0.3, -0.25) is 0 Å². The molecule has 7 heteroatoms. The van der Waals surface area contributed by atoms with Crippen molar-refractivity contribution in [3.05, 3.63) is 29.6 Å². The number of halogens is 1. The van der Waals surface area contributed by atoms with Crippen molar-refractivity contribution in [3.63, 3.8) is 0 Å². The molecule has 1 rings (SSSR count). The molecule has 0 fully saturated rings. The Labute approximate surface area is 124 Å². The second kappa shape index (κ2) is 6.41. The minimum Gasteiger partial charge on any atom is -0.490 e. The number of benzene rings is 1. The molecule has 0 aromatic heterocycles. The monoisotopic (exact) mass is 314 g/mol. The van der Waals surface area contributed by atoms with E-state index < -0.39 is 15.8 Å². The van der Waals surface area contributed by atoms with Gasteiger partial charge in [-0.05, 0) is 23.6 Å². The van der Waals surface area contributed by atoms with E-state index in [0.717, 1.165) is 6.07 Å². The van der Waals surface area contributed by atoms with Crippen LogP contribution in [0.2, 0.25) is 0 Å². The number of hydrogen-bond acceptors (Lipinski definition) is 4. The van der Waals surface area contributed by atoms with Gasteiger partial charge in [-0.2, -0.15) is 5.26 Å². The number of rotatable bonds is 5. The molecule has 0 aliphatic carbocycles. The van der Waals surface area contributed by atoms with Crippen LogP contribution in [0.15, 0.2) is 18.2 Å². The van der Waals surface area contributed by atoms with Gasteiger partial charge < -0.3 is 4.74 Å². The normalized spacial score (nSPS) is 13.5. The van der Waals surface area contributed by atoms with Crippen LogP contribution < -0.4 is 9.88 Å². The average Bonchev–Trinajstić information content (AvgIpc) is 2.33. The van der Waals surface area contributed by atoms with Crippen LogP contribution in [0.3, 0.4) is 0 Å². The first kappa shape index (κ1) is 17.4. The Morgan fingerprint density at radius 2 is 2.05 bits per heavy atom. The van der Waals surface area contributed by atoms with Gasteiger partial charge in [0.15, 0.2) is 11.6 Å². The largest absolute Gasteiger partial charge is 0.490 e. The van der Waals surface area contributed by atoms with Crippen molar-refractivity contribution >= 4 is 10.0 Å². The lowest BCUT2D eigenvalue weighted by molar-refractivity contribution is 0.159. The van der Waals surface area contributed by atoms with Gasteiger partial charge in [0.1, 0.15) is 0 Å². The van der Waals surface area contributed by atoms with Crippen molar-refractivity contribution in [2.75, 3.05) is 12.4 Å². The lowest BCUT2D eigenvalue weighted by Gasteiger charge is -2.29. The summed E-state index contributed by atoms with van der Waals surface area (Å²) in [5.74, 6) is -1.30. The summed E-state index contributed by atoms with van der Waals surface area (Å²) in [5.41, 5.74) is -0.174. The second-order valence-corrected chi connectivity index (χ2v) is 7.62. The quantitative estimate of drug-likeness (QED) is 0.899. The molecule has 0 aliphatic rings. The van der Waals surface area contributed by atoms with Gasteiger partial charge in [0, 0.05) is 5.92 Å². The third kappa shape index (κ3) is 5.69. The van der Waals surface area contributed by atoms with Crippen molar-refractivity contribution in [2.45, 2.75) is 20.8 Å². The molecule has 21 heavy (non-hydrogen) atoms. The van der Waals surface area contributed by atoms with Crippen LogP contribution in [0.1, 0.15) is 26.3 Å². The van der Waals surface area contributed by atoms with Gasteiger partial charge in [-0.25, -0.2) is 17.9 Å². The fraction of sp³-hybridized carbons (Fsp3) is 0.500. The van der Waals surface area contributed by atoms with E-state index in [1.807, 2.05) is 26.8 Å². The highest BCUT2D eigenvalue weighted by Crippen LogP contribution is 2.28. The highest BCUT2D eigenvalue weighted by molar-refractivity contribution is 7.89. The molecule has 0 saturated heterocycles. The van der Waals surface area contributed by atoms with E-state index >= 15 is 0 Å². The topological polar surface area (TPSA) is 93.2 Å². The Morgan fingerprint density at radius 3 is 2.48 bits per heavy atom. The van der Waals surface area contributed by atoms with Gasteiger partial charge in [0.25, 0.3) is 0 Å². The van der Waals surface area contributed by atoms with Crippen LogP contribution in [0, 0.1) is 28.5 Å². The summed E-state index contributed by atoms with van der Waals surface area (Å²) in [5, 5.41) is 13.7. The lowest BCUT2D eigenvalue weighted by Crippen LogP contribution is -2.35. The van der Waals surface area contributed by atoms with E-state index in [0.29, 0.717) is 0 Å². The zero-order valence-corrected chi connectivity index (χ0v) is 13.1. The van der Waals surface area contributed by atoms with Gasteiger partial charge in [0.05, 0.1) is 24.0 Å². The molecule has 0 radical (unpaired) electrons. The molecular formula is C14H19FN2O3S. The van der Waals surface area contributed by atoms with E-state index in [2.05, 4.69) is 0 Å². The number of hydrogen-bond donors (Lipinski definition) is 1. The Balaban J connectivity index is 2.85. The van der Waals surface area contributed by atoms with Crippen molar-refractivity contribution in [1.82, 2.24) is 0 Å². The van der Waals surface area contributed by atoms with Crippen LogP contribution in [0.5, 0.6) is 5.75 Å². The van der Waals surface area contributed by atoms with Crippen LogP contribution in [0.25, 0.3) is 0 Å². The number of nitrogens with zero attached hydrogens (tertiary/aromatic N) is 1. The summed E-state index contributed by atoms with van der Waals surface area (Å²) in [6.07, 6.45) is 0. The van der Waals surface area contributed by atoms with E-state index in [1.54, 1.807) is 0 Å². The lowest BCUT2D eigenvalue weighted by atomic mass is 9.82. The van der Waals surface area contributed by atoms with Crippen LogP contribution in [-0.2, 0) is 10.0 Å². The molecule has 0 bridgehead atoms. The molecule has 1 unspecified atom stereocenters. The molecule has 0 saturated carbocycles. The van der Waals surface area contributed by atoms with E-state index in [1.165, 1.54) is 12.1 Å². The number of sulfonamides is 1. The van der Waals surface area contributed by atoms with Crippen LogP contribution >= 0.6 is 0 Å². The minimum atomic E-state index is -3.65. The molecule has 0 aliphatic heterocycles. The Bertz CT molecular complexity index is 645. The first-order valence-electron chi connectivity index (χ1n) is 6.36. The average molecular weight is 314 g/mol. The van der Waals surface area contributed by atoms with Gasteiger partial charge in [0.2, 0.25) is 10.0 Å². The maximum Gasteiger partial charge on any atom is 0.209 e. The SMILES string of the molecule is CC(C)(C)C(COc1ccc(C#N)cc1F)CS(N)(=O)=O. The van der Waals surface area contributed by atoms with Crippen molar-refractivity contribution < 1.29 is 17.5 Å². The van der Waals surface area contributed by atoms with Gasteiger partial charge in [-0.15, -0.1) is 0 Å². The molecule has 0 heterocycles. The van der Waals surface area contributed by atoms with Crippen molar-refractivity contribution in [2.24, 2.45) is 16.5 Å². The smallest absolute Gasteiger partial charge is 0.209 e. The molecule has 5 nitrogen and oxygen atoms in total. The number of nitriles is 1. The van der Waals surface area contributed by atoms with E-state index in [9.17, 15) is 12.8 Å².